The Balaban J connectivity index is 1.60. The zero-order chi connectivity index (χ0) is 13.9. The fourth-order valence-corrected chi connectivity index (χ4v) is 4.15. The Morgan fingerprint density at radius 1 is 1.40 bits per heavy atom. The van der Waals surface area contributed by atoms with Crippen LogP contribution in [0.3, 0.4) is 0 Å². The summed E-state index contributed by atoms with van der Waals surface area (Å²) in [6.07, 6.45) is 5.51. The third-order valence-corrected chi connectivity index (χ3v) is 5.16. The Morgan fingerprint density at radius 2 is 2.30 bits per heavy atom. The molecule has 1 saturated carbocycles. The van der Waals surface area contributed by atoms with Crippen LogP contribution in [-0.2, 0) is 0 Å². The standard InChI is InChI=1S/C17H25ClN2/c1-2-19-17(14-4-3-5-15(18)11-14)8-9-20-12-13-6-7-16(20)10-13/h3-5,11,13,16-17,19H,2,6-10,12H2,1H3. The van der Waals surface area contributed by atoms with Gasteiger partial charge in [-0.2, -0.15) is 0 Å². The second-order valence-corrected chi connectivity index (χ2v) is 6.72. The fourth-order valence-electron chi connectivity index (χ4n) is 3.95. The number of hydrogen-bond donors (Lipinski definition) is 1. The molecule has 3 rings (SSSR count). The number of benzene rings is 1. The van der Waals surface area contributed by atoms with Gasteiger partial charge in [-0.15, -0.1) is 0 Å². The molecule has 1 saturated heterocycles. The maximum Gasteiger partial charge on any atom is 0.0409 e. The molecule has 0 aromatic heterocycles. The van der Waals surface area contributed by atoms with Crippen LogP contribution in [0.15, 0.2) is 24.3 Å². The molecule has 2 nitrogen and oxygen atoms in total. The monoisotopic (exact) mass is 292 g/mol. The molecule has 1 aliphatic heterocycles. The predicted molar refractivity (Wildman–Crippen MR) is 85.2 cm³/mol. The molecular weight excluding hydrogens is 268 g/mol. The van der Waals surface area contributed by atoms with E-state index in [0.29, 0.717) is 6.04 Å². The highest BCUT2D eigenvalue weighted by Crippen LogP contribution is 2.37. The quantitative estimate of drug-likeness (QED) is 0.856. The van der Waals surface area contributed by atoms with Crippen LogP contribution in [0.1, 0.15) is 44.2 Å². The summed E-state index contributed by atoms with van der Waals surface area (Å²) in [5.74, 6) is 0.990. The summed E-state index contributed by atoms with van der Waals surface area (Å²) in [6, 6.07) is 9.60. The number of nitrogens with zero attached hydrogens (tertiary/aromatic N) is 1. The normalized spacial score (nSPS) is 27.1. The van der Waals surface area contributed by atoms with Crippen molar-refractivity contribution in [3.8, 4) is 0 Å². The van der Waals surface area contributed by atoms with E-state index in [1.165, 1.54) is 44.3 Å². The van der Waals surface area contributed by atoms with E-state index in [2.05, 4.69) is 35.3 Å². The third-order valence-electron chi connectivity index (χ3n) is 4.93. The number of nitrogens with one attached hydrogen (secondary N) is 1. The lowest BCUT2D eigenvalue weighted by Gasteiger charge is -2.29. The molecule has 1 N–H and O–H groups in total. The molecule has 1 heterocycles. The third kappa shape index (κ3) is 3.19. The van der Waals surface area contributed by atoms with Crippen LogP contribution >= 0.6 is 11.6 Å². The lowest BCUT2D eigenvalue weighted by molar-refractivity contribution is 0.203. The van der Waals surface area contributed by atoms with E-state index >= 15 is 0 Å². The molecule has 3 atom stereocenters. The predicted octanol–water partition coefficient (Wildman–Crippen LogP) is 3.87. The lowest BCUT2D eigenvalue weighted by Crippen LogP contribution is -2.35. The summed E-state index contributed by atoms with van der Waals surface area (Å²) < 4.78 is 0. The van der Waals surface area contributed by atoms with E-state index in [9.17, 15) is 0 Å². The Kier molecular flexibility index (Phi) is 4.65. The summed E-state index contributed by atoms with van der Waals surface area (Å²) in [6.45, 7) is 5.73. The second kappa shape index (κ2) is 6.46. The number of rotatable bonds is 6. The van der Waals surface area contributed by atoms with Crippen molar-refractivity contribution in [3.05, 3.63) is 34.9 Å². The first-order valence-electron chi connectivity index (χ1n) is 7.99. The fraction of sp³-hybridized carbons (Fsp3) is 0.647. The van der Waals surface area contributed by atoms with E-state index in [1.54, 1.807) is 0 Å². The first kappa shape index (κ1) is 14.4. The zero-order valence-corrected chi connectivity index (χ0v) is 13.1. The SMILES string of the molecule is CCNC(CCN1CC2CCC1C2)c1cccc(Cl)c1. The van der Waals surface area contributed by atoms with Crippen LogP contribution in [0, 0.1) is 5.92 Å². The van der Waals surface area contributed by atoms with Gasteiger partial charge in [-0.05, 0) is 55.8 Å². The number of likely N-dealkylation sites (tertiary alicyclic amines) is 1. The van der Waals surface area contributed by atoms with Crippen molar-refractivity contribution in [3.63, 3.8) is 0 Å². The molecule has 1 aromatic rings. The molecule has 0 spiro atoms. The van der Waals surface area contributed by atoms with Crippen molar-refractivity contribution in [1.82, 2.24) is 10.2 Å². The van der Waals surface area contributed by atoms with Gasteiger partial charge in [0, 0.05) is 30.2 Å². The molecule has 1 aromatic carbocycles. The Morgan fingerprint density at radius 3 is 2.95 bits per heavy atom. The van der Waals surface area contributed by atoms with Crippen molar-refractivity contribution in [1.29, 1.82) is 0 Å². The van der Waals surface area contributed by atoms with Crippen molar-refractivity contribution in [2.45, 2.75) is 44.7 Å². The maximum atomic E-state index is 6.13. The minimum atomic E-state index is 0.429. The highest BCUT2D eigenvalue weighted by molar-refractivity contribution is 6.30. The number of fused-ring (bicyclic) bond motifs is 2. The minimum Gasteiger partial charge on any atom is -0.310 e. The molecule has 3 heteroatoms. The molecule has 0 amide bonds. The van der Waals surface area contributed by atoms with Crippen LogP contribution in [-0.4, -0.2) is 30.6 Å². The van der Waals surface area contributed by atoms with Gasteiger partial charge in [0.1, 0.15) is 0 Å². The van der Waals surface area contributed by atoms with Gasteiger partial charge < -0.3 is 10.2 Å². The molecule has 0 radical (unpaired) electrons. The van der Waals surface area contributed by atoms with Crippen LogP contribution < -0.4 is 5.32 Å². The second-order valence-electron chi connectivity index (χ2n) is 6.28. The van der Waals surface area contributed by atoms with Gasteiger partial charge in [-0.25, -0.2) is 0 Å². The first-order valence-corrected chi connectivity index (χ1v) is 8.37. The number of hydrogen-bond acceptors (Lipinski definition) is 2. The van der Waals surface area contributed by atoms with E-state index < -0.39 is 0 Å². The highest BCUT2D eigenvalue weighted by Gasteiger charge is 2.37. The maximum absolute atomic E-state index is 6.13. The topological polar surface area (TPSA) is 15.3 Å². The smallest absolute Gasteiger partial charge is 0.0409 e. The van der Waals surface area contributed by atoms with Crippen molar-refractivity contribution in [2.24, 2.45) is 5.92 Å². The molecular formula is C17H25ClN2. The van der Waals surface area contributed by atoms with Crippen LogP contribution in [0.25, 0.3) is 0 Å². The van der Waals surface area contributed by atoms with Gasteiger partial charge in [0.05, 0.1) is 0 Å². The van der Waals surface area contributed by atoms with Crippen molar-refractivity contribution >= 4 is 11.6 Å². The van der Waals surface area contributed by atoms with E-state index in [0.717, 1.165) is 23.5 Å². The van der Waals surface area contributed by atoms with E-state index in [-0.39, 0.29) is 0 Å². The number of piperidine rings is 1. The first-order chi connectivity index (χ1) is 9.76. The van der Waals surface area contributed by atoms with Gasteiger partial charge in [-0.3, -0.25) is 0 Å². The van der Waals surface area contributed by atoms with Gasteiger partial charge >= 0.3 is 0 Å². The van der Waals surface area contributed by atoms with Crippen molar-refractivity contribution < 1.29 is 0 Å². The summed E-state index contributed by atoms with van der Waals surface area (Å²) in [7, 11) is 0. The van der Waals surface area contributed by atoms with Crippen molar-refractivity contribution in [2.75, 3.05) is 19.6 Å². The molecule has 2 fully saturated rings. The van der Waals surface area contributed by atoms with Crippen LogP contribution in [0.4, 0.5) is 0 Å². The van der Waals surface area contributed by atoms with Gasteiger partial charge in [0.2, 0.25) is 0 Å². The number of halogens is 1. The van der Waals surface area contributed by atoms with Crippen LogP contribution in [0.5, 0.6) is 0 Å². The zero-order valence-electron chi connectivity index (χ0n) is 12.3. The summed E-state index contributed by atoms with van der Waals surface area (Å²) in [5.41, 5.74) is 1.32. The molecule has 1 aliphatic carbocycles. The summed E-state index contributed by atoms with van der Waals surface area (Å²) in [5, 5.41) is 4.45. The summed E-state index contributed by atoms with van der Waals surface area (Å²) in [4.78, 5) is 2.71. The molecule has 110 valence electrons. The van der Waals surface area contributed by atoms with E-state index in [1.807, 2.05) is 6.07 Å². The Bertz CT molecular complexity index is 448. The molecule has 20 heavy (non-hydrogen) atoms. The Labute approximate surface area is 127 Å². The molecule has 2 aliphatic rings. The molecule has 2 bridgehead atoms. The summed E-state index contributed by atoms with van der Waals surface area (Å²) >= 11 is 6.13. The highest BCUT2D eigenvalue weighted by atomic mass is 35.5. The average molecular weight is 293 g/mol. The lowest BCUT2D eigenvalue weighted by atomic mass is 10.0. The van der Waals surface area contributed by atoms with Gasteiger partial charge in [0.15, 0.2) is 0 Å². The molecule has 3 unspecified atom stereocenters. The van der Waals surface area contributed by atoms with Crippen LogP contribution in [0.2, 0.25) is 5.02 Å². The minimum absolute atomic E-state index is 0.429. The Hall–Kier alpha value is -0.570. The largest absolute Gasteiger partial charge is 0.310 e. The van der Waals surface area contributed by atoms with E-state index in [4.69, 9.17) is 11.6 Å². The average Bonchev–Trinajstić information content (AvgIpc) is 3.06. The van der Waals surface area contributed by atoms with Gasteiger partial charge in [0.25, 0.3) is 0 Å². The van der Waals surface area contributed by atoms with Gasteiger partial charge in [-0.1, -0.05) is 30.7 Å².